The fourth-order valence-electron chi connectivity index (χ4n) is 2.66. The Hall–Kier alpha value is -2.89. The molecule has 2 N–H and O–H groups in total. The van der Waals surface area contributed by atoms with Gasteiger partial charge in [-0.1, -0.05) is 41.9 Å². The van der Waals surface area contributed by atoms with Gasteiger partial charge in [0.25, 0.3) is 0 Å². The van der Waals surface area contributed by atoms with E-state index in [-0.39, 0.29) is 18.0 Å². The number of hydrogen-bond acceptors (Lipinski definition) is 3. The third-order valence-electron chi connectivity index (χ3n) is 4.17. The molecule has 0 atom stereocenters. The van der Waals surface area contributed by atoms with Crippen molar-refractivity contribution in [1.29, 1.82) is 0 Å². The molecular weight excluding hydrogens is 381 g/mol. The van der Waals surface area contributed by atoms with Crippen LogP contribution in [0.15, 0.2) is 66.7 Å². The molecule has 0 heterocycles. The van der Waals surface area contributed by atoms with Crippen molar-refractivity contribution in [3.63, 3.8) is 0 Å². The maximum Gasteiger partial charge on any atom is 0.335 e. The molecule has 0 aliphatic carbocycles. The monoisotopic (exact) mass is 399 g/mol. The summed E-state index contributed by atoms with van der Waals surface area (Å²) in [6, 6.07) is 18.7. The minimum absolute atomic E-state index is 0.256. The lowest BCUT2D eigenvalue weighted by Gasteiger charge is -2.10. The quantitative estimate of drug-likeness (QED) is 0.556. The van der Waals surface area contributed by atoms with E-state index in [2.05, 4.69) is 5.32 Å². The van der Waals surface area contributed by atoms with Gasteiger partial charge in [0.1, 0.15) is 18.2 Å². The van der Waals surface area contributed by atoms with Gasteiger partial charge in [0, 0.05) is 18.7 Å². The van der Waals surface area contributed by atoms with Crippen LogP contribution in [0.1, 0.15) is 27.0 Å². The molecular formula is C22H19ClFNO3. The summed E-state index contributed by atoms with van der Waals surface area (Å²) in [5.41, 5.74) is 3.04. The van der Waals surface area contributed by atoms with Crippen LogP contribution in [0.5, 0.6) is 5.75 Å². The maximum atomic E-state index is 13.1. The number of hydrogen-bond donors (Lipinski definition) is 2. The van der Waals surface area contributed by atoms with Crippen LogP contribution in [0.25, 0.3) is 0 Å². The lowest BCUT2D eigenvalue weighted by Crippen LogP contribution is -2.12. The first-order chi connectivity index (χ1) is 13.5. The molecule has 28 heavy (non-hydrogen) atoms. The van der Waals surface area contributed by atoms with Crippen LogP contribution in [0.2, 0.25) is 5.02 Å². The molecule has 3 aromatic rings. The van der Waals surface area contributed by atoms with Crippen LogP contribution in [-0.4, -0.2) is 11.1 Å². The largest absolute Gasteiger partial charge is 0.489 e. The van der Waals surface area contributed by atoms with E-state index in [0.717, 1.165) is 16.7 Å². The molecule has 6 heteroatoms. The summed E-state index contributed by atoms with van der Waals surface area (Å²) in [4.78, 5) is 10.9. The van der Waals surface area contributed by atoms with E-state index in [1.807, 2.05) is 24.3 Å². The molecule has 4 nitrogen and oxygen atoms in total. The predicted octanol–water partition coefficient (Wildman–Crippen LogP) is 5.05. The first-order valence-corrected chi connectivity index (χ1v) is 9.07. The van der Waals surface area contributed by atoms with Gasteiger partial charge in [-0.3, -0.25) is 0 Å². The number of ether oxygens (including phenoxy) is 1. The molecule has 144 valence electrons. The SMILES string of the molecule is O=C(O)c1ccc(CNCc2cccc(OCc3ccc(F)cc3Cl)c2)cc1. The van der Waals surface area contributed by atoms with E-state index in [1.165, 1.54) is 12.1 Å². The maximum absolute atomic E-state index is 13.1. The summed E-state index contributed by atoms with van der Waals surface area (Å²) in [7, 11) is 0. The van der Waals surface area contributed by atoms with Crippen LogP contribution in [-0.2, 0) is 19.7 Å². The van der Waals surface area contributed by atoms with Crippen molar-refractivity contribution in [2.24, 2.45) is 0 Å². The van der Waals surface area contributed by atoms with Crippen LogP contribution >= 0.6 is 11.6 Å². The summed E-state index contributed by atoms with van der Waals surface area (Å²) in [6.45, 7) is 1.51. The van der Waals surface area contributed by atoms with E-state index in [1.54, 1.807) is 30.3 Å². The molecule has 0 spiro atoms. The van der Waals surface area contributed by atoms with Crippen molar-refractivity contribution >= 4 is 17.6 Å². The average Bonchev–Trinajstić information content (AvgIpc) is 2.68. The molecule has 0 saturated heterocycles. The minimum atomic E-state index is -0.932. The Kier molecular flexibility index (Phi) is 6.63. The first kappa shape index (κ1) is 19.9. The fourth-order valence-corrected chi connectivity index (χ4v) is 2.88. The number of carboxylic acid groups (broad SMARTS) is 1. The van der Waals surface area contributed by atoms with Crippen molar-refractivity contribution in [2.45, 2.75) is 19.7 Å². The van der Waals surface area contributed by atoms with Gasteiger partial charge in [0.2, 0.25) is 0 Å². The van der Waals surface area contributed by atoms with Gasteiger partial charge in [-0.2, -0.15) is 0 Å². The highest BCUT2D eigenvalue weighted by molar-refractivity contribution is 6.31. The number of aromatic carboxylic acids is 1. The van der Waals surface area contributed by atoms with Crippen LogP contribution in [0, 0.1) is 5.82 Å². The minimum Gasteiger partial charge on any atom is -0.489 e. The second-order valence-corrected chi connectivity index (χ2v) is 6.68. The van der Waals surface area contributed by atoms with Crippen molar-refractivity contribution in [2.75, 3.05) is 0 Å². The molecule has 0 saturated carbocycles. The van der Waals surface area contributed by atoms with Crippen molar-refractivity contribution in [3.05, 3.63) is 99.8 Å². The zero-order valence-corrected chi connectivity index (χ0v) is 15.7. The van der Waals surface area contributed by atoms with Gasteiger partial charge in [0.05, 0.1) is 10.6 Å². The third kappa shape index (κ3) is 5.55. The molecule has 0 amide bonds. The zero-order valence-electron chi connectivity index (χ0n) is 15.0. The molecule has 0 radical (unpaired) electrons. The third-order valence-corrected chi connectivity index (χ3v) is 4.52. The molecule has 0 aliphatic rings. The predicted molar refractivity (Wildman–Crippen MR) is 106 cm³/mol. The number of carboxylic acids is 1. The Bertz CT molecular complexity index is 960. The molecule has 0 aliphatic heterocycles. The molecule has 3 aromatic carbocycles. The normalized spacial score (nSPS) is 10.6. The average molecular weight is 400 g/mol. The highest BCUT2D eigenvalue weighted by atomic mass is 35.5. The molecule has 0 fully saturated rings. The lowest BCUT2D eigenvalue weighted by molar-refractivity contribution is 0.0697. The van der Waals surface area contributed by atoms with E-state index < -0.39 is 5.97 Å². The van der Waals surface area contributed by atoms with Gasteiger partial charge in [-0.15, -0.1) is 0 Å². The number of rotatable bonds is 8. The van der Waals surface area contributed by atoms with E-state index >= 15 is 0 Å². The first-order valence-electron chi connectivity index (χ1n) is 8.70. The van der Waals surface area contributed by atoms with E-state index in [4.69, 9.17) is 21.4 Å². The highest BCUT2D eigenvalue weighted by Crippen LogP contribution is 2.20. The Morgan fingerprint density at radius 3 is 2.46 bits per heavy atom. The Labute approximate surface area is 167 Å². The van der Waals surface area contributed by atoms with Crippen molar-refractivity contribution in [3.8, 4) is 5.75 Å². The van der Waals surface area contributed by atoms with Gasteiger partial charge in [-0.05, 0) is 47.5 Å². The van der Waals surface area contributed by atoms with Gasteiger partial charge in [-0.25, -0.2) is 9.18 Å². The van der Waals surface area contributed by atoms with Gasteiger partial charge < -0.3 is 15.2 Å². The van der Waals surface area contributed by atoms with Crippen LogP contribution < -0.4 is 10.1 Å². The summed E-state index contributed by atoms with van der Waals surface area (Å²) in [6.07, 6.45) is 0. The Balaban J connectivity index is 1.52. The second-order valence-electron chi connectivity index (χ2n) is 6.28. The zero-order chi connectivity index (χ0) is 19.9. The summed E-state index contributed by atoms with van der Waals surface area (Å²) < 4.78 is 18.9. The summed E-state index contributed by atoms with van der Waals surface area (Å²) in [5.74, 6) is -0.608. The molecule has 0 bridgehead atoms. The smallest absolute Gasteiger partial charge is 0.335 e. The van der Waals surface area contributed by atoms with E-state index in [9.17, 15) is 9.18 Å². The summed E-state index contributed by atoms with van der Waals surface area (Å²) >= 11 is 6.02. The van der Waals surface area contributed by atoms with E-state index in [0.29, 0.717) is 23.9 Å². The van der Waals surface area contributed by atoms with Crippen LogP contribution in [0.4, 0.5) is 4.39 Å². The topological polar surface area (TPSA) is 58.6 Å². The number of benzene rings is 3. The van der Waals surface area contributed by atoms with Crippen molar-refractivity contribution in [1.82, 2.24) is 5.32 Å². The lowest BCUT2D eigenvalue weighted by atomic mass is 10.1. The number of nitrogens with one attached hydrogen (secondary N) is 1. The van der Waals surface area contributed by atoms with Gasteiger partial charge >= 0.3 is 5.97 Å². The van der Waals surface area contributed by atoms with Crippen molar-refractivity contribution < 1.29 is 19.0 Å². The second kappa shape index (κ2) is 9.35. The highest BCUT2D eigenvalue weighted by Gasteiger charge is 2.05. The van der Waals surface area contributed by atoms with Gasteiger partial charge in [0.15, 0.2) is 0 Å². The summed E-state index contributed by atoms with van der Waals surface area (Å²) in [5, 5.41) is 12.6. The Morgan fingerprint density at radius 2 is 1.75 bits per heavy atom. The molecule has 3 rings (SSSR count). The standard InChI is InChI=1S/C22H19ClFNO3/c23-21-11-19(24)9-8-18(21)14-28-20-3-1-2-16(10-20)13-25-12-15-4-6-17(7-5-15)22(26)27/h1-11,25H,12-14H2,(H,26,27). The van der Waals surface area contributed by atoms with Crippen LogP contribution in [0.3, 0.4) is 0 Å². The molecule has 0 unspecified atom stereocenters. The molecule has 0 aromatic heterocycles. The Morgan fingerprint density at radius 1 is 1.00 bits per heavy atom. The number of carbonyl (C=O) groups is 1. The fraction of sp³-hybridized carbons (Fsp3) is 0.136. The number of halogens is 2.